The first-order valence-corrected chi connectivity index (χ1v) is 8.57. The molecule has 3 aromatic rings. The quantitative estimate of drug-likeness (QED) is 0.693. The summed E-state index contributed by atoms with van der Waals surface area (Å²) in [7, 11) is 1.34. The van der Waals surface area contributed by atoms with Crippen LogP contribution in [0.4, 0.5) is 4.39 Å². The Bertz CT molecular complexity index is 941. The fraction of sp³-hybridized carbons (Fsp3) is 0.263. The van der Waals surface area contributed by atoms with E-state index in [1.165, 1.54) is 7.11 Å². The minimum absolute atomic E-state index is 0.140. The van der Waals surface area contributed by atoms with E-state index in [1.807, 2.05) is 10.9 Å². The van der Waals surface area contributed by atoms with Crippen molar-refractivity contribution < 1.29 is 13.9 Å². The summed E-state index contributed by atoms with van der Waals surface area (Å²) >= 11 is 0. The van der Waals surface area contributed by atoms with E-state index in [0.717, 1.165) is 24.7 Å². The van der Waals surface area contributed by atoms with Crippen LogP contribution in [0.15, 0.2) is 42.9 Å². The number of amides is 1. The summed E-state index contributed by atoms with van der Waals surface area (Å²) < 4.78 is 20.2. The number of nitrogens with one attached hydrogen (secondary N) is 1. The van der Waals surface area contributed by atoms with Gasteiger partial charge in [0.2, 0.25) is 5.82 Å². The van der Waals surface area contributed by atoms with Crippen molar-refractivity contribution in [3.8, 4) is 17.3 Å². The maximum atomic E-state index is 13.5. The fourth-order valence-corrected chi connectivity index (χ4v) is 2.57. The zero-order chi connectivity index (χ0) is 19.2. The normalized spacial score (nSPS) is 10.6. The number of aromatic nitrogens is 4. The van der Waals surface area contributed by atoms with Crippen molar-refractivity contribution in [2.75, 3.05) is 7.11 Å². The lowest BCUT2D eigenvalue weighted by molar-refractivity contribution is 0.0951. The van der Waals surface area contributed by atoms with Crippen molar-refractivity contribution in [3.63, 3.8) is 0 Å². The molecular formula is C19H20FN5O2. The SMILES string of the molecule is CCCn1cc(CNC(=O)c2cccc(-c3ncc(F)c(OC)n3)c2)cn1. The van der Waals surface area contributed by atoms with Crippen molar-refractivity contribution >= 4 is 5.91 Å². The molecule has 0 saturated carbocycles. The molecule has 0 bridgehead atoms. The Morgan fingerprint density at radius 1 is 1.33 bits per heavy atom. The van der Waals surface area contributed by atoms with Crippen molar-refractivity contribution in [2.45, 2.75) is 26.4 Å². The average molecular weight is 369 g/mol. The molecular weight excluding hydrogens is 349 g/mol. The van der Waals surface area contributed by atoms with Crippen LogP contribution in [-0.4, -0.2) is 32.8 Å². The molecule has 0 aliphatic heterocycles. The highest BCUT2D eigenvalue weighted by Gasteiger charge is 2.12. The molecule has 2 heterocycles. The first-order valence-electron chi connectivity index (χ1n) is 8.57. The van der Waals surface area contributed by atoms with Gasteiger partial charge in [-0.1, -0.05) is 19.1 Å². The molecule has 0 aliphatic rings. The summed E-state index contributed by atoms with van der Waals surface area (Å²) in [6.07, 6.45) is 5.70. The van der Waals surface area contributed by atoms with Crippen molar-refractivity contribution in [3.05, 3.63) is 59.8 Å². The van der Waals surface area contributed by atoms with Crippen LogP contribution in [0, 0.1) is 5.82 Å². The van der Waals surface area contributed by atoms with Crippen LogP contribution >= 0.6 is 0 Å². The molecule has 0 saturated heterocycles. The van der Waals surface area contributed by atoms with Gasteiger partial charge in [0.15, 0.2) is 5.82 Å². The number of hydrogen-bond donors (Lipinski definition) is 1. The molecule has 1 aromatic carbocycles. The third-order valence-corrected chi connectivity index (χ3v) is 3.88. The van der Waals surface area contributed by atoms with Crippen LogP contribution in [0.25, 0.3) is 11.4 Å². The molecule has 0 atom stereocenters. The maximum Gasteiger partial charge on any atom is 0.253 e. The molecule has 8 heteroatoms. The van der Waals surface area contributed by atoms with E-state index in [-0.39, 0.29) is 17.6 Å². The zero-order valence-electron chi connectivity index (χ0n) is 15.1. The lowest BCUT2D eigenvalue weighted by Crippen LogP contribution is -2.22. The van der Waals surface area contributed by atoms with Gasteiger partial charge in [0, 0.05) is 36.0 Å². The predicted molar refractivity (Wildman–Crippen MR) is 97.7 cm³/mol. The molecule has 7 nitrogen and oxygen atoms in total. The van der Waals surface area contributed by atoms with Gasteiger partial charge in [0.1, 0.15) is 0 Å². The van der Waals surface area contributed by atoms with Crippen LogP contribution < -0.4 is 10.1 Å². The predicted octanol–water partition coefficient (Wildman–Crippen LogP) is 2.83. The van der Waals surface area contributed by atoms with E-state index in [1.54, 1.807) is 30.5 Å². The van der Waals surface area contributed by atoms with Gasteiger partial charge in [-0.15, -0.1) is 0 Å². The average Bonchev–Trinajstić information content (AvgIpc) is 3.14. The number of methoxy groups -OCH3 is 1. The van der Waals surface area contributed by atoms with E-state index in [9.17, 15) is 9.18 Å². The minimum atomic E-state index is -0.640. The fourth-order valence-electron chi connectivity index (χ4n) is 2.57. The number of carbonyl (C=O) groups is 1. The first kappa shape index (κ1) is 18.5. The molecule has 3 rings (SSSR count). The van der Waals surface area contributed by atoms with Crippen LogP contribution in [-0.2, 0) is 13.1 Å². The molecule has 0 radical (unpaired) electrons. The third-order valence-electron chi connectivity index (χ3n) is 3.88. The van der Waals surface area contributed by atoms with Gasteiger partial charge in [0.05, 0.1) is 19.5 Å². The Kier molecular flexibility index (Phi) is 5.75. The van der Waals surface area contributed by atoms with E-state index in [2.05, 4.69) is 27.3 Å². The summed E-state index contributed by atoms with van der Waals surface area (Å²) in [5.74, 6) is -0.726. The van der Waals surface area contributed by atoms with Gasteiger partial charge >= 0.3 is 0 Å². The Labute approximate surface area is 156 Å². The second kappa shape index (κ2) is 8.39. The number of aryl methyl sites for hydroxylation is 1. The molecule has 0 spiro atoms. The molecule has 0 aliphatic carbocycles. The molecule has 140 valence electrons. The van der Waals surface area contributed by atoms with E-state index in [4.69, 9.17) is 4.74 Å². The molecule has 1 amide bonds. The van der Waals surface area contributed by atoms with Gasteiger partial charge in [-0.25, -0.2) is 4.98 Å². The van der Waals surface area contributed by atoms with Gasteiger partial charge in [-0.05, 0) is 18.6 Å². The summed E-state index contributed by atoms with van der Waals surface area (Å²) in [5, 5.41) is 7.10. The third kappa shape index (κ3) is 4.46. The van der Waals surface area contributed by atoms with Crippen LogP contribution in [0.5, 0.6) is 5.88 Å². The number of halogens is 1. The molecule has 0 fully saturated rings. The maximum absolute atomic E-state index is 13.5. The molecule has 27 heavy (non-hydrogen) atoms. The lowest BCUT2D eigenvalue weighted by atomic mass is 10.1. The number of hydrogen-bond acceptors (Lipinski definition) is 5. The minimum Gasteiger partial charge on any atom is -0.479 e. The standard InChI is InChI=1S/C19H20FN5O2/c1-3-7-25-12-13(10-23-25)9-22-18(26)15-6-4-5-14(8-15)17-21-11-16(20)19(24-17)27-2/h4-6,8,10-12H,3,7,9H2,1-2H3,(H,22,26). The van der Waals surface area contributed by atoms with Crippen molar-refractivity contribution in [1.29, 1.82) is 0 Å². The van der Waals surface area contributed by atoms with Gasteiger partial charge in [-0.3, -0.25) is 9.48 Å². The van der Waals surface area contributed by atoms with Crippen molar-refractivity contribution in [1.82, 2.24) is 25.1 Å². The molecule has 1 N–H and O–H groups in total. The first-order chi connectivity index (χ1) is 13.1. The number of ether oxygens (including phenoxy) is 1. The van der Waals surface area contributed by atoms with Crippen LogP contribution in [0.1, 0.15) is 29.3 Å². The molecule has 2 aromatic heterocycles. The Morgan fingerprint density at radius 2 is 2.19 bits per heavy atom. The number of nitrogens with zero attached hydrogens (tertiary/aromatic N) is 4. The summed E-state index contributed by atoms with van der Waals surface area (Å²) in [6.45, 7) is 3.31. The largest absolute Gasteiger partial charge is 0.479 e. The summed E-state index contributed by atoms with van der Waals surface area (Å²) in [6, 6.07) is 6.82. The Hall–Kier alpha value is -3.29. The summed E-state index contributed by atoms with van der Waals surface area (Å²) in [4.78, 5) is 20.4. The number of rotatable bonds is 7. The van der Waals surface area contributed by atoms with Crippen LogP contribution in [0.3, 0.4) is 0 Å². The van der Waals surface area contributed by atoms with Crippen LogP contribution in [0.2, 0.25) is 0 Å². The number of carbonyl (C=O) groups excluding carboxylic acids is 1. The van der Waals surface area contributed by atoms with Crippen molar-refractivity contribution in [2.24, 2.45) is 0 Å². The Balaban J connectivity index is 1.71. The highest BCUT2D eigenvalue weighted by Crippen LogP contribution is 2.20. The summed E-state index contributed by atoms with van der Waals surface area (Å²) in [5.41, 5.74) is 1.98. The number of benzene rings is 1. The van der Waals surface area contributed by atoms with E-state index < -0.39 is 5.82 Å². The molecule has 0 unspecified atom stereocenters. The second-order valence-corrected chi connectivity index (χ2v) is 5.93. The van der Waals surface area contributed by atoms with Gasteiger partial charge in [-0.2, -0.15) is 14.5 Å². The van der Waals surface area contributed by atoms with E-state index in [0.29, 0.717) is 17.7 Å². The smallest absolute Gasteiger partial charge is 0.253 e. The van der Waals surface area contributed by atoms with Gasteiger partial charge < -0.3 is 10.1 Å². The van der Waals surface area contributed by atoms with E-state index >= 15 is 0 Å². The Morgan fingerprint density at radius 3 is 2.96 bits per heavy atom. The van der Waals surface area contributed by atoms with Gasteiger partial charge in [0.25, 0.3) is 11.8 Å². The highest BCUT2D eigenvalue weighted by atomic mass is 19.1. The monoisotopic (exact) mass is 369 g/mol. The lowest BCUT2D eigenvalue weighted by Gasteiger charge is -2.07. The zero-order valence-corrected chi connectivity index (χ0v) is 15.1. The topological polar surface area (TPSA) is 81.9 Å². The second-order valence-electron chi connectivity index (χ2n) is 5.93. The highest BCUT2D eigenvalue weighted by molar-refractivity contribution is 5.95.